The van der Waals surface area contributed by atoms with Crippen molar-refractivity contribution < 1.29 is 4.79 Å². The average molecular weight is 337 g/mol. The summed E-state index contributed by atoms with van der Waals surface area (Å²) in [6.07, 6.45) is 8.96. The molecule has 1 aromatic carbocycles. The van der Waals surface area contributed by atoms with E-state index in [2.05, 4.69) is 41.2 Å². The van der Waals surface area contributed by atoms with E-state index in [0.29, 0.717) is 0 Å². The van der Waals surface area contributed by atoms with Gasteiger partial charge >= 0.3 is 0 Å². The molecule has 0 bridgehead atoms. The van der Waals surface area contributed by atoms with Crippen LogP contribution in [0.1, 0.15) is 50.5 Å². The molecule has 0 spiro atoms. The predicted octanol–water partition coefficient (Wildman–Crippen LogP) is 4.65. The summed E-state index contributed by atoms with van der Waals surface area (Å²) < 4.78 is 0. The van der Waals surface area contributed by atoms with Gasteiger partial charge in [-0.25, -0.2) is 4.98 Å². The Morgan fingerprint density at radius 3 is 2.80 bits per heavy atom. The van der Waals surface area contributed by atoms with Gasteiger partial charge in [0.2, 0.25) is 5.91 Å². The number of benzene rings is 1. The molecule has 25 heavy (non-hydrogen) atoms. The van der Waals surface area contributed by atoms with Gasteiger partial charge in [0.05, 0.1) is 23.9 Å². The van der Waals surface area contributed by atoms with E-state index in [0.717, 1.165) is 42.9 Å². The van der Waals surface area contributed by atoms with Crippen LogP contribution in [0.2, 0.25) is 0 Å². The molecule has 2 aromatic rings. The van der Waals surface area contributed by atoms with Crippen molar-refractivity contribution in [2.45, 2.75) is 46.1 Å². The summed E-state index contributed by atoms with van der Waals surface area (Å²) in [5.41, 5.74) is 3.38. The van der Waals surface area contributed by atoms with Gasteiger partial charge in [-0.3, -0.25) is 4.79 Å². The number of hydrogen-bond donors (Lipinski definition) is 1. The highest BCUT2D eigenvalue weighted by molar-refractivity contribution is 5.80. The number of amides is 1. The molecule has 0 saturated carbocycles. The van der Waals surface area contributed by atoms with E-state index in [4.69, 9.17) is 0 Å². The van der Waals surface area contributed by atoms with Crippen LogP contribution in [0, 0.1) is 12.8 Å². The van der Waals surface area contributed by atoms with Crippen molar-refractivity contribution in [1.29, 1.82) is 0 Å². The largest absolute Gasteiger partial charge is 0.340 e. The van der Waals surface area contributed by atoms with E-state index in [1.165, 1.54) is 5.56 Å². The number of nitrogens with zero attached hydrogens (tertiary/aromatic N) is 2. The lowest BCUT2D eigenvalue weighted by atomic mass is 9.99. The quantitative estimate of drug-likeness (QED) is 0.826. The number of aromatic amines is 1. The van der Waals surface area contributed by atoms with Crippen LogP contribution >= 0.6 is 0 Å². The van der Waals surface area contributed by atoms with Crippen LogP contribution < -0.4 is 0 Å². The predicted molar refractivity (Wildman–Crippen MR) is 101 cm³/mol. The lowest BCUT2D eigenvalue weighted by molar-refractivity contribution is -0.137. The van der Waals surface area contributed by atoms with Crippen LogP contribution in [-0.4, -0.2) is 27.3 Å². The molecule has 1 amide bonds. The zero-order chi connectivity index (χ0) is 17.8. The molecular weight excluding hydrogens is 310 g/mol. The second kappa shape index (κ2) is 7.68. The molecule has 2 unspecified atom stereocenters. The zero-order valence-electron chi connectivity index (χ0n) is 15.3. The minimum Gasteiger partial charge on any atom is -0.340 e. The van der Waals surface area contributed by atoms with Crippen LogP contribution in [0.4, 0.5) is 0 Å². The first-order valence-corrected chi connectivity index (χ1v) is 9.15. The van der Waals surface area contributed by atoms with Crippen molar-refractivity contribution in [3.8, 4) is 11.3 Å². The highest BCUT2D eigenvalue weighted by Gasteiger charge is 2.31. The molecule has 1 aromatic heterocycles. The Morgan fingerprint density at radius 2 is 2.08 bits per heavy atom. The molecule has 1 aliphatic rings. The second-order valence-corrected chi connectivity index (χ2v) is 6.91. The zero-order valence-corrected chi connectivity index (χ0v) is 15.3. The molecule has 1 saturated heterocycles. The van der Waals surface area contributed by atoms with Crippen LogP contribution in [0.25, 0.3) is 11.3 Å². The maximum absolute atomic E-state index is 12.8. The smallest absolute Gasteiger partial charge is 0.229 e. The van der Waals surface area contributed by atoms with Crippen LogP contribution in [0.5, 0.6) is 0 Å². The lowest BCUT2D eigenvalue weighted by Crippen LogP contribution is -2.41. The fourth-order valence-corrected chi connectivity index (χ4v) is 3.50. The summed E-state index contributed by atoms with van der Waals surface area (Å²) in [6.45, 7) is 6.82. The van der Waals surface area contributed by atoms with Gasteiger partial charge in [-0.2, -0.15) is 0 Å². The molecule has 0 radical (unpaired) electrons. The maximum Gasteiger partial charge on any atom is 0.229 e. The highest BCUT2D eigenvalue weighted by atomic mass is 16.2. The van der Waals surface area contributed by atoms with E-state index in [1.807, 2.05) is 37.1 Å². The summed E-state index contributed by atoms with van der Waals surface area (Å²) in [4.78, 5) is 22.9. The molecule has 2 atom stereocenters. The number of aromatic nitrogens is 2. The topological polar surface area (TPSA) is 49.0 Å². The van der Waals surface area contributed by atoms with Gasteiger partial charge in [0.1, 0.15) is 5.82 Å². The van der Waals surface area contributed by atoms with Crippen molar-refractivity contribution in [2.75, 3.05) is 6.54 Å². The Hall–Kier alpha value is -2.36. The fraction of sp³-hybridized carbons (Fsp3) is 0.429. The summed E-state index contributed by atoms with van der Waals surface area (Å²) in [5, 5.41) is 0. The van der Waals surface area contributed by atoms with Crippen LogP contribution in [0.3, 0.4) is 0 Å². The van der Waals surface area contributed by atoms with Crippen molar-refractivity contribution >= 4 is 5.91 Å². The number of carbonyl (C=O) groups is 1. The third-order valence-corrected chi connectivity index (χ3v) is 4.93. The molecule has 4 heteroatoms. The lowest BCUT2D eigenvalue weighted by Gasteiger charge is -2.35. The number of carbonyl (C=O) groups excluding carboxylic acids is 1. The highest BCUT2D eigenvalue weighted by Crippen LogP contribution is 2.32. The molecule has 1 N–H and O–H groups in total. The minimum absolute atomic E-state index is 0.0492. The number of allylic oxidation sites excluding steroid dienone is 1. The standard InChI is InChI=1S/C21H27N3O/c1-4-7-16(3)21(25)24-13-6-5-8-19(24)20-22-14-18(23-20)17-11-9-15(2)10-12-17/h4,7,9-12,14,16,19H,5-6,8,13H2,1-3H3,(H,22,23). The van der Waals surface area contributed by atoms with E-state index in [-0.39, 0.29) is 17.9 Å². The Morgan fingerprint density at radius 1 is 1.32 bits per heavy atom. The molecular formula is C21H27N3O. The number of nitrogens with one attached hydrogen (secondary N) is 1. The summed E-state index contributed by atoms with van der Waals surface area (Å²) in [6, 6.07) is 8.46. The van der Waals surface area contributed by atoms with Gasteiger partial charge in [0.15, 0.2) is 0 Å². The fourth-order valence-electron chi connectivity index (χ4n) is 3.50. The van der Waals surface area contributed by atoms with Crippen LogP contribution in [-0.2, 0) is 4.79 Å². The van der Waals surface area contributed by atoms with E-state index in [1.54, 1.807) is 0 Å². The van der Waals surface area contributed by atoms with E-state index in [9.17, 15) is 4.79 Å². The van der Waals surface area contributed by atoms with Gasteiger partial charge in [-0.15, -0.1) is 0 Å². The molecule has 0 aliphatic carbocycles. The number of rotatable bonds is 4. The SMILES string of the molecule is CC=CC(C)C(=O)N1CCCCC1c1ncc(-c2ccc(C)cc2)[nH]1. The van der Waals surface area contributed by atoms with Gasteiger partial charge in [0.25, 0.3) is 0 Å². The summed E-state index contributed by atoms with van der Waals surface area (Å²) >= 11 is 0. The number of aryl methyl sites for hydroxylation is 1. The first kappa shape index (κ1) is 17.5. The van der Waals surface area contributed by atoms with Gasteiger partial charge in [0, 0.05) is 6.54 Å². The Balaban J connectivity index is 1.83. The van der Waals surface area contributed by atoms with Gasteiger partial charge < -0.3 is 9.88 Å². The molecule has 3 rings (SSSR count). The third-order valence-electron chi connectivity index (χ3n) is 4.93. The number of hydrogen-bond acceptors (Lipinski definition) is 2. The number of imidazole rings is 1. The van der Waals surface area contributed by atoms with Crippen molar-refractivity contribution in [1.82, 2.24) is 14.9 Å². The average Bonchev–Trinajstić information content (AvgIpc) is 3.12. The van der Waals surface area contributed by atoms with Crippen molar-refractivity contribution in [3.63, 3.8) is 0 Å². The van der Waals surface area contributed by atoms with Crippen LogP contribution in [0.15, 0.2) is 42.6 Å². The maximum atomic E-state index is 12.8. The monoisotopic (exact) mass is 337 g/mol. The number of piperidine rings is 1. The Bertz CT molecular complexity index is 745. The minimum atomic E-state index is -0.0860. The van der Waals surface area contributed by atoms with Gasteiger partial charge in [-0.05, 0) is 38.7 Å². The summed E-state index contributed by atoms with van der Waals surface area (Å²) in [5.74, 6) is 1.00. The Labute approximate surface area is 150 Å². The van der Waals surface area contributed by atoms with E-state index >= 15 is 0 Å². The number of likely N-dealkylation sites (tertiary alicyclic amines) is 1. The number of H-pyrrole nitrogens is 1. The normalized spacial score (nSPS) is 19.3. The van der Waals surface area contributed by atoms with E-state index < -0.39 is 0 Å². The summed E-state index contributed by atoms with van der Waals surface area (Å²) in [7, 11) is 0. The first-order valence-electron chi connectivity index (χ1n) is 9.15. The van der Waals surface area contributed by atoms with Crippen molar-refractivity contribution in [3.05, 3.63) is 54.0 Å². The molecule has 1 fully saturated rings. The molecule has 1 aliphatic heterocycles. The first-order chi connectivity index (χ1) is 12.1. The van der Waals surface area contributed by atoms with Crippen molar-refractivity contribution in [2.24, 2.45) is 5.92 Å². The third kappa shape index (κ3) is 3.84. The Kier molecular flexibility index (Phi) is 5.37. The second-order valence-electron chi connectivity index (χ2n) is 6.91. The van der Waals surface area contributed by atoms with Gasteiger partial charge in [-0.1, -0.05) is 48.9 Å². The molecule has 4 nitrogen and oxygen atoms in total. The molecule has 2 heterocycles. The molecule has 132 valence electrons.